The summed E-state index contributed by atoms with van der Waals surface area (Å²) in [5, 5.41) is 19.5. The van der Waals surface area contributed by atoms with E-state index in [1.165, 1.54) is 16.0 Å². The Hall–Kier alpha value is -1.84. The lowest BCUT2D eigenvalue weighted by atomic mass is 10.2. The monoisotopic (exact) mass is 323 g/mol. The van der Waals surface area contributed by atoms with Gasteiger partial charge in [0.1, 0.15) is 18.1 Å². The zero-order valence-corrected chi connectivity index (χ0v) is 13.0. The SMILES string of the molecule is Cc1nc(-c2nc(CC3COCCN3)n(CC(=O)O)n2)cs1. The van der Waals surface area contributed by atoms with Crippen LogP contribution in [0.3, 0.4) is 0 Å². The number of morpholine rings is 1. The van der Waals surface area contributed by atoms with Gasteiger partial charge in [-0.3, -0.25) is 4.79 Å². The van der Waals surface area contributed by atoms with E-state index in [-0.39, 0.29) is 12.6 Å². The number of carbonyl (C=O) groups is 1. The van der Waals surface area contributed by atoms with Crippen LogP contribution in [0.5, 0.6) is 0 Å². The highest BCUT2D eigenvalue weighted by Crippen LogP contribution is 2.19. The molecular weight excluding hydrogens is 306 g/mol. The number of ether oxygens (including phenoxy) is 1. The molecule has 0 amide bonds. The molecule has 1 fully saturated rings. The molecule has 0 radical (unpaired) electrons. The van der Waals surface area contributed by atoms with Crippen molar-refractivity contribution in [1.29, 1.82) is 0 Å². The number of aryl methyl sites for hydroxylation is 1. The minimum absolute atomic E-state index is 0.121. The summed E-state index contributed by atoms with van der Waals surface area (Å²) in [6, 6.07) is 0.121. The van der Waals surface area contributed by atoms with E-state index in [0.29, 0.717) is 37.0 Å². The van der Waals surface area contributed by atoms with Crippen molar-refractivity contribution in [2.75, 3.05) is 19.8 Å². The standard InChI is InChI=1S/C13H17N5O3S/c1-8-15-10(7-22-8)13-16-11(18(17-13)5-12(19)20)4-9-6-21-3-2-14-9/h7,9,14H,2-6H2,1H3,(H,19,20). The molecule has 22 heavy (non-hydrogen) atoms. The summed E-state index contributed by atoms with van der Waals surface area (Å²) in [5.74, 6) is 0.156. The van der Waals surface area contributed by atoms with Crippen molar-refractivity contribution in [2.45, 2.75) is 25.9 Å². The number of hydrogen-bond acceptors (Lipinski definition) is 7. The lowest BCUT2D eigenvalue weighted by molar-refractivity contribution is -0.137. The first-order valence-corrected chi connectivity index (χ1v) is 7.89. The number of nitrogens with zero attached hydrogens (tertiary/aromatic N) is 4. The number of nitrogens with one attached hydrogen (secondary N) is 1. The fourth-order valence-electron chi connectivity index (χ4n) is 2.33. The second kappa shape index (κ2) is 6.51. The molecule has 1 atom stereocenters. The topological polar surface area (TPSA) is 102 Å². The number of thiazole rings is 1. The Bertz CT molecular complexity index is 662. The van der Waals surface area contributed by atoms with E-state index in [0.717, 1.165) is 11.6 Å². The molecule has 0 bridgehead atoms. The van der Waals surface area contributed by atoms with Gasteiger partial charge in [0.05, 0.1) is 18.2 Å². The Morgan fingerprint density at radius 1 is 1.59 bits per heavy atom. The van der Waals surface area contributed by atoms with Gasteiger partial charge in [0, 0.05) is 24.4 Å². The predicted molar refractivity (Wildman–Crippen MR) is 79.8 cm³/mol. The maximum atomic E-state index is 11.0. The zero-order chi connectivity index (χ0) is 15.5. The molecule has 1 saturated heterocycles. The summed E-state index contributed by atoms with van der Waals surface area (Å²) in [6.45, 7) is 3.77. The summed E-state index contributed by atoms with van der Waals surface area (Å²) in [4.78, 5) is 19.9. The number of carboxylic acid groups (broad SMARTS) is 1. The Labute approximate surface area is 131 Å². The molecule has 1 aliphatic rings. The van der Waals surface area contributed by atoms with E-state index in [4.69, 9.17) is 9.84 Å². The van der Waals surface area contributed by atoms with Crippen LogP contribution in [-0.2, 0) is 22.5 Å². The second-order valence-corrected chi connectivity index (χ2v) is 6.15. The molecule has 9 heteroatoms. The lowest BCUT2D eigenvalue weighted by Crippen LogP contribution is -2.43. The first-order valence-electron chi connectivity index (χ1n) is 7.01. The smallest absolute Gasteiger partial charge is 0.325 e. The summed E-state index contributed by atoms with van der Waals surface area (Å²) >= 11 is 1.51. The molecule has 8 nitrogen and oxygen atoms in total. The van der Waals surface area contributed by atoms with Gasteiger partial charge in [-0.15, -0.1) is 16.4 Å². The first kappa shape index (κ1) is 15.1. The third-order valence-electron chi connectivity index (χ3n) is 3.31. The third kappa shape index (κ3) is 3.49. The van der Waals surface area contributed by atoms with Gasteiger partial charge in [0.15, 0.2) is 0 Å². The minimum Gasteiger partial charge on any atom is -0.480 e. The van der Waals surface area contributed by atoms with Gasteiger partial charge in [-0.05, 0) is 6.92 Å². The van der Waals surface area contributed by atoms with E-state index in [1.807, 2.05) is 12.3 Å². The quantitative estimate of drug-likeness (QED) is 0.817. The van der Waals surface area contributed by atoms with Crippen LogP contribution < -0.4 is 5.32 Å². The lowest BCUT2D eigenvalue weighted by Gasteiger charge is -2.23. The zero-order valence-electron chi connectivity index (χ0n) is 12.2. The number of carboxylic acids is 1. The van der Waals surface area contributed by atoms with Crippen molar-refractivity contribution in [1.82, 2.24) is 25.1 Å². The van der Waals surface area contributed by atoms with Crippen molar-refractivity contribution >= 4 is 17.3 Å². The predicted octanol–water partition coefficient (Wildman–Crippen LogP) is 0.326. The largest absolute Gasteiger partial charge is 0.480 e. The highest BCUT2D eigenvalue weighted by molar-refractivity contribution is 7.09. The summed E-state index contributed by atoms with van der Waals surface area (Å²) in [5.41, 5.74) is 0.681. The van der Waals surface area contributed by atoms with Crippen LogP contribution in [0.25, 0.3) is 11.5 Å². The highest BCUT2D eigenvalue weighted by Gasteiger charge is 2.20. The van der Waals surface area contributed by atoms with Gasteiger partial charge in [0.25, 0.3) is 0 Å². The van der Waals surface area contributed by atoms with E-state index < -0.39 is 5.97 Å². The molecule has 0 saturated carbocycles. The van der Waals surface area contributed by atoms with Crippen LogP contribution in [0.15, 0.2) is 5.38 Å². The summed E-state index contributed by atoms with van der Waals surface area (Å²) in [6.07, 6.45) is 0.573. The van der Waals surface area contributed by atoms with Gasteiger partial charge >= 0.3 is 5.97 Å². The number of rotatable bonds is 5. The average Bonchev–Trinajstić information content (AvgIpc) is 3.07. The molecule has 2 N–H and O–H groups in total. The molecule has 3 rings (SSSR count). The molecule has 2 aromatic heterocycles. The fraction of sp³-hybridized carbons (Fsp3) is 0.538. The summed E-state index contributed by atoms with van der Waals surface area (Å²) in [7, 11) is 0. The molecule has 2 aromatic rings. The molecule has 118 valence electrons. The van der Waals surface area contributed by atoms with Crippen LogP contribution in [0.2, 0.25) is 0 Å². The Morgan fingerprint density at radius 3 is 3.09 bits per heavy atom. The number of aromatic nitrogens is 4. The molecule has 1 unspecified atom stereocenters. The summed E-state index contributed by atoms with van der Waals surface area (Å²) < 4.78 is 6.86. The number of aliphatic carboxylic acids is 1. The first-order chi connectivity index (χ1) is 10.6. The molecule has 1 aliphatic heterocycles. The third-order valence-corrected chi connectivity index (χ3v) is 4.08. The van der Waals surface area contributed by atoms with E-state index >= 15 is 0 Å². The molecular formula is C13H17N5O3S. The second-order valence-electron chi connectivity index (χ2n) is 5.08. The van der Waals surface area contributed by atoms with Crippen molar-refractivity contribution in [2.24, 2.45) is 0 Å². The molecule has 0 aromatic carbocycles. The fourth-order valence-corrected chi connectivity index (χ4v) is 2.92. The minimum atomic E-state index is -0.944. The van der Waals surface area contributed by atoms with Crippen LogP contribution in [0.4, 0.5) is 0 Å². The van der Waals surface area contributed by atoms with Gasteiger partial charge in [0.2, 0.25) is 5.82 Å². The van der Waals surface area contributed by atoms with Gasteiger partial charge in [-0.25, -0.2) is 14.6 Å². The molecule has 3 heterocycles. The van der Waals surface area contributed by atoms with Gasteiger partial charge in [-0.2, -0.15) is 0 Å². The van der Waals surface area contributed by atoms with Crippen molar-refractivity contribution < 1.29 is 14.6 Å². The normalized spacial score (nSPS) is 18.5. The molecule has 0 aliphatic carbocycles. The van der Waals surface area contributed by atoms with Gasteiger partial charge < -0.3 is 15.2 Å². The number of hydrogen-bond donors (Lipinski definition) is 2. The van der Waals surface area contributed by atoms with Crippen LogP contribution in [-0.4, -0.2) is 56.6 Å². The van der Waals surface area contributed by atoms with Crippen molar-refractivity contribution in [3.8, 4) is 11.5 Å². The Morgan fingerprint density at radius 2 is 2.45 bits per heavy atom. The van der Waals surface area contributed by atoms with Crippen LogP contribution >= 0.6 is 11.3 Å². The van der Waals surface area contributed by atoms with Crippen molar-refractivity contribution in [3.63, 3.8) is 0 Å². The Kier molecular flexibility index (Phi) is 4.46. The van der Waals surface area contributed by atoms with Crippen molar-refractivity contribution in [3.05, 3.63) is 16.2 Å². The maximum Gasteiger partial charge on any atom is 0.325 e. The van der Waals surface area contributed by atoms with E-state index in [9.17, 15) is 4.79 Å². The molecule has 0 spiro atoms. The van der Waals surface area contributed by atoms with Gasteiger partial charge in [-0.1, -0.05) is 0 Å². The average molecular weight is 323 g/mol. The van der Waals surface area contributed by atoms with E-state index in [2.05, 4.69) is 20.4 Å². The highest BCUT2D eigenvalue weighted by atomic mass is 32.1. The van der Waals surface area contributed by atoms with Crippen LogP contribution in [0.1, 0.15) is 10.8 Å². The van der Waals surface area contributed by atoms with E-state index in [1.54, 1.807) is 0 Å². The Balaban J connectivity index is 1.85. The maximum absolute atomic E-state index is 11.0. The van der Waals surface area contributed by atoms with Crippen LogP contribution in [0, 0.1) is 6.92 Å².